The van der Waals surface area contributed by atoms with Crippen LogP contribution in [0.25, 0.3) is 0 Å². The third-order valence-corrected chi connectivity index (χ3v) is 13.0. The van der Waals surface area contributed by atoms with Crippen LogP contribution < -0.4 is 14.2 Å². The van der Waals surface area contributed by atoms with Gasteiger partial charge in [0.05, 0.1) is 84.1 Å². The molecular formula is C48H62O24. The predicted octanol–water partition coefficient (Wildman–Crippen LogP) is -0.812. The number of allylic oxidation sites excluding steroid dienone is 1. The van der Waals surface area contributed by atoms with Gasteiger partial charge in [0.1, 0.15) is 67.3 Å². The number of benzene rings is 2. The third kappa shape index (κ3) is 11.7. The van der Waals surface area contributed by atoms with Gasteiger partial charge in [-0.1, -0.05) is 18.2 Å². The number of methoxy groups -OCH3 is 4. The molecule has 3 saturated heterocycles. The fourth-order valence-electron chi connectivity index (χ4n) is 9.11. The molecule has 0 bridgehead atoms. The molecule has 72 heavy (non-hydrogen) atoms. The van der Waals surface area contributed by atoms with E-state index in [0.717, 1.165) is 20.3 Å². The van der Waals surface area contributed by atoms with Crippen LogP contribution in [0.15, 0.2) is 59.9 Å². The van der Waals surface area contributed by atoms with E-state index in [0.29, 0.717) is 17.1 Å². The van der Waals surface area contributed by atoms with Crippen molar-refractivity contribution in [2.45, 2.75) is 113 Å². The lowest BCUT2D eigenvalue weighted by Crippen LogP contribution is -2.60. The molecule has 2 aromatic rings. The van der Waals surface area contributed by atoms with Gasteiger partial charge in [0.2, 0.25) is 6.29 Å². The van der Waals surface area contributed by atoms with Crippen LogP contribution in [-0.4, -0.2) is 193 Å². The highest BCUT2D eigenvalue weighted by Gasteiger charge is 2.58. The van der Waals surface area contributed by atoms with Crippen LogP contribution in [0.1, 0.15) is 60.9 Å². The van der Waals surface area contributed by atoms with Crippen molar-refractivity contribution in [1.82, 2.24) is 0 Å². The van der Waals surface area contributed by atoms with Gasteiger partial charge in [-0.3, -0.25) is 14.4 Å². The van der Waals surface area contributed by atoms with E-state index in [1.807, 2.05) is 0 Å². The molecule has 0 radical (unpaired) electrons. The van der Waals surface area contributed by atoms with Crippen molar-refractivity contribution in [2.75, 3.05) is 54.9 Å². The molecule has 8 N–H and O–H groups in total. The highest BCUT2D eigenvalue weighted by Crippen LogP contribution is 2.51. The minimum Gasteiger partial charge on any atom is -0.493 e. The summed E-state index contributed by atoms with van der Waals surface area (Å²) in [5, 5.41) is 86.3. The lowest BCUT2D eigenvalue weighted by Gasteiger charge is -2.42. The van der Waals surface area contributed by atoms with Gasteiger partial charge in [-0.15, -0.1) is 0 Å². The highest BCUT2D eigenvalue weighted by atomic mass is 16.8. The second-order valence-corrected chi connectivity index (χ2v) is 17.4. The maximum Gasteiger partial charge on any atom is 0.337 e. The zero-order valence-corrected chi connectivity index (χ0v) is 40.4. The minimum atomic E-state index is -2.00. The van der Waals surface area contributed by atoms with Gasteiger partial charge in [0.25, 0.3) is 0 Å². The SMILES string of the molecule is C/C=C1\[C@@H](O[C@@H]2O[C@H](COC[C@H]3[C@@H](c4ccc(OC)c(OC)c4)OC[C@]3(OC(C)=O)C(O)c3ccc(OC[C@H]4O[C@@H](O)[C@H](O)[C@@H](O)[C@@H]4O)c(C(C)=O)c3)[C@@H](O)[C@H](O)[C@H]2O)OC=C(C(=O)OC)[C@@H]1CC(=O)OC. The van der Waals surface area contributed by atoms with Gasteiger partial charge in [0, 0.05) is 18.4 Å². The molecule has 24 nitrogen and oxygen atoms in total. The van der Waals surface area contributed by atoms with Crippen molar-refractivity contribution < 1.29 is 117 Å². The number of hydrogen-bond donors (Lipinski definition) is 8. The van der Waals surface area contributed by atoms with E-state index in [9.17, 15) is 60.0 Å². The van der Waals surface area contributed by atoms with Crippen LogP contribution in [0, 0.1) is 11.8 Å². The van der Waals surface area contributed by atoms with Crippen molar-refractivity contribution in [1.29, 1.82) is 0 Å². The summed E-state index contributed by atoms with van der Waals surface area (Å²) in [7, 11) is 5.17. The van der Waals surface area contributed by atoms with Crippen LogP contribution >= 0.6 is 0 Å². The van der Waals surface area contributed by atoms with Crippen LogP contribution in [0.3, 0.4) is 0 Å². The number of carbonyl (C=O) groups excluding carboxylic acids is 4. The average Bonchev–Trinajstić information content (AvgIpc) is 3.73. The Labute approximate surface area is 413 Å². The molecule has 4 aliphatic rings. The number of carbonyl (C=O) groups is 4. The summed E-state index contributed by atoms with van der Waals surface area (Å²) in [4.78, 5) is 51.3. The average molecular weight is 1020 g/mol. The lowest BCUT2D eigenvalue weighted by atomic mass is 9.77. The topological polar surface area (TPSA) is 341 Å². The Hall–Kier alpha value is -5.32. The maximum atomic E-state index is 13.1. The third-order valence-electron chi connectivity index (χ3n) is 13.0. The Kier molecular flexibility index (Phi) is 18.8. The Morgan fingerprint density at radius 3 is 2.07 bits per heavy atom. The molecule has 6 rings (SSSR count). The highest BCUT2D eigenvalue weighted by molar-refractivity contribution is 5.97. The standard InChI is InChI=1S/C48H62O24/c1-8-25-27(15-35(51)63-6)28(44(59)64-7)16-67-46(25)71-47-41(57)39(55)36(52)33(70-47)18-65-17-29-42(23-9-12-31(61-4)32(14-23)62-5)68-20-48(29,72-22(3)50)43(58)24-10-11-30(26(13-24)21(2)49)66-19-34-37(53)38(54)40(56)45(60)69-34/h8-14,16,27,29,33-34,36-43,45-47,52-58,60H,15,17-20H2,1-7H3/b25-8-/t27-,29+,33-,34-,36-,37-,38+,39+,40-,41-,42-,43?,45-,46-,47+,48-/m1/s1. The molecule has 398 valence electrons. The predicted molar refractivity (Wildman–Crippen MR) is 239 cm³/mol. The second kappa shape index (κ2) is 24.1. The van der Waals surface area contributed by atoms with E-state index in [1.165, 1.54) is 52.5 Å². The van der Waals surface area contributed by atoms with E-state index in [4.69, 9.17) is 56.8 Å². The molecule has 4 heterocycles. The number of aliphatic hydroxyl groups is 8. The summed E-state index contributed by atoms with van der Waals surface area (Å²) < 4.78 is 68.0. The number of hydrogen-bond acceptors (Lipinski definition) is 24. The number of ketones is 1. The first-order chi connectivity index (χ1) is 34.2. The van der Waals surface area contributed by atoms with Gasteiger partial charge in [-0.25, -0.2) is 4.79 Å². The number of aliphatic hydroxyl groups excluding tert-OH is 8. The van der Waals surface area contributed by atoms with Crippen LogP contribution in [0.2, 0.25) is 0 Å². The summed E-state index contributed by atoms with van der Waals surface area (Å²) in [5.41, 5.74) is -1.38. The quantitative estimate of drug-likeness (QED) is 0.0369. The number of ether oxygens (including phenoxy) is 12. The Morgan fingerprint density at radius 2 is 1.44 bits per heavy atom. The van der Waals surface area contributed by atoms with E-state index in [2.05, 4.69) is 0 Å². The molecule has 0 saturated carbocycles. The molecule has 0 amide bonds. The molecule has 0 aromatic heterocycles. The Balaban J connectivity index is 1.28. The van der Waals surface area contributed by atoms with E-state index in [1.54, 1.807) is 25.1 Å². The normalized spacial score (nSPS) is 33.5. The number of rotatable bonds is 19. The maximum absolute atomic E-state index is 13.1. The second-order valence-electron chi connectivity index (χ2n) is 17.4. The van der Waals surface area contributed by atoms with Gasteiger partial charge < -0.3 is 97.7 Å². The largest absolute Gasteiger partial charge is 0.493 e. The Bertz CT molecular complexity index is 2300. The van der Waals surface area contributed by atoms with Gasteiger partial charge in [0.15, 0.2) is 35.5 Å². The van der Waals surface area contributed by atoms with Crippen molar-refractivity contribution in [2.24, 2.45) is 11.8 Å². The van der Waals surface area contributed by atoms with Gasteiger partial charge >= 0.3 is 17.9 Å². The van der Waals surface area contributed by atoms with Crippen molar-refractivity contribution in [3.8, 4) is 17.2 Å². The zero-order valence-electron chi connectivity index (χ0n) is 40.4. The fraction of sp³-hybridized carbons (Fsp3) is 0.583. The monoisotopic (exact) mass is 1020 g/mol. The molecule has 16 atom stereocenters. The van der Waals surface area contributed by atoms with Gasteiger partial charge in [-0.2, -0.15) is 0 Å². The molecule has 0 spiro atoms. The van der Waals surface area contributed by atoms with E-state index in [-0.39, 0.29) is 34.4 Å². The molecule has 0 aliphatic carbocycles. The smallest absolute Gasteiger partial charge is 0.337 e. The van der Waals surface area contributed by atoms with Crippen LogP contribution in [0.4, 0.5) is 0 Å². The summed E-state index contributed by atoms with van der Waals surface area (Å²) in [6.07, 6.45) is -19.1. The Morgan fingerprint density at radius 1 is 0.778 bits per heavy atom. The molecule has 4 aliphatic heterocycles. The van der Waals surface area contributed by atoms with E-state index < -0.39 is 147 Å². The van der Waals surface area contributed by atoms with Crippen LogP contribution in [0.5, 0.6) is 17.2 Å². The fourth-order valence-corrected chi connectivity index (χ4v) is 9.11. The molecule has 2 aromatic carbocycles. The molecule has 1 unspecified atom stereocenters. The molecule has 24 heteroatoms. The molecule has 3 fully saturated rings. The number of esters is 3. The minimum absolute atomic E-state index is 0.0283. The summed E-state index contributed by atoms with van der Waals surface area (Å²) in [6, 6.07) is 8.86. The molecular weight excluding hydrogens is 961 g/mol. The van der Waals surface area contributed by atoms with Crippen molar-refractivity contribution in [3.63, 3.8) is 0 Å². The van der Waals surface area contributed by atoms with E-state index >= 15 is 0 Å². The van der Waals surface area contributed by atoms with Crippen molar-refractivity contribution in [3.05, 3.63) is 76.6 Å². The first-order valence-electron chi connectivity index (χ1n) is 22.7. The summed E-state index contributed by atoms with van der Waals surface area (Å²) in [5.74, 6) is -4.35. The lowest BCUT2D eigenvalue weighted by molar-refractivity contribution is -0.329. The summed E-state index contributed by atoms with van der Waals surface area (Å²) >= 11 is 0. The van der Waals surface area contributed by atoms with Gasteiger partial charge in [-0.05, 0) is 49.2 Å². The zero-order chi connectivity index (χ0) is 52.8. The number of Topliss-reactive ketones (excluding diaryl/α,β-unsaturated/α-hetero) is 1. The summed E-state index contributed by atoms with van der Waals surface area (Å²) in [6.45, 7) is 2.00. The first-order valence-corrected chi connectivity index (χ1v) is 22.7. The first kappa shape index (κ1) is 56.0. The van der Waals surface area contributed by atoms with Crippen LogP contribution in [-0.2, 0) is 57.0 Å². The van der Waals surface area contributed by atoms with Crippen molar-refractivity contribution >= 4 is 23.7 Å².